The monoisotopic (exact) mass is 415 g/mol. The standard InChI is InChI=1S/C21H25N3O4S/c1-14-7-8-17(11-15(14)2)28-13-19(25)22-23-20(26)16-5-3-9-24(12-16)21(27)18-6-4-10-29-18/h4,6-8,10-11,16H,3,5,9,12-13H2,1-2H3,(H,22,25)(H,23,26). The Morgan fingerprint density at radius 2 is 2.00 bits per heavy atom. The van der Waals surface area contributed by atoms with Crippen molar-refractivity contribution in [3.63, 3.8) is 0 Å². The molecule has 0 saturated carbocycles. The number of aryl methyl sites for hydroxylation is 2. The van der Waals surface area contributed by atoms with Gasteiger partial charge in [-0.05, 0) is 61.4 Å². The third-order valence-electron chi connectivity index (χ3n) is 4.98. The van der Waals surface area contributed by atoms with Crippen LogP contribution in [0.4, 0.5) is 0 Å². The minimum atomic E-state index is -0.445. The van der Waals surface area contributed by atoms with Gasteiger partial charge in [0.15, 0.2) is 6.61 Å². The molecule has 29 heavy (non-hydrogen) atoms. The van der Waals surface area contributed by atoms with Crippen LogP contribution in [0.1, 0.15) is 33.6 Å². The molecular formula is C21H25N3O4S. The summed E-state index contributed by atoms with van der Waals surface area (Å²) in [6, 6.07) is 9.21. The number of rotatable bonds is 5. The van der Waals surface area contributed by atoms with Crippen LogP contribution >= 0.6 is 11.3 Å². The number of ether oxygens (including phenoxy) is 1. The van der Waals surface area contributed by atoms with E-state index in [0.29, 0.717) is 30.1 Å². The van der Waals surface area contributed by atoms with Crippen LogP contribution in [0.25, 0.3) is 0 Å². The molecule has 1 atom stereocenters. The van der Waals surface area contributed by atoms with Crippen molar-refractivity contribution < 1.29 is 19.1 Å². The van der Waals surface area contributed by atoms with E-state index >= 15 is 0 Å². The highest BCUT2D eigenvalue weighted by molar-refractivity contribution is 7.12. The lowest BCUT2D eigenvalue weighted by atomic mass is 9.97. The van der Waals surface area contributed by atoms with Crippen LogP contribution in [0, 0.1) is 19.8 Å². The average Bonchev–Trinajstić information content (AvgIpc) is 3.27. The van der Waals surface area contributed by atoms with E-state index in [1.165, 1.54) is 11.3 Å². The summed E-state index contributed by atoms with van der Waals surface area (Å²) in [5.41, 5.74) is 7.06. The summed E-state index contributed by atoms with van der Waals surface area (Å²) in [5.74, 6) is -0.548. The maximum absolute atomic E-state index is 12.5. The van der Waals surface area contributed by atoms with E-state index in [-0.39, 0.29) is 24.3 Å². The second-order valence-electron chi connectivity index (χ2n) is 7.14. The number of hydrogen-bond acceptors (Lipinski definition) is 5. The SMILES string of the molecule is Cc1ccc(OCC(=O)NNC(=O)C2CCCN(C(=O)c3cccs3)C2)cc1C. The summed E-state index contributed by atoms with van der Waals surface area (Å²) in [6.07, 6.45) is 1.42. The zero-order chi connectivity index (χ0) is 20.8. The Hall–Kier alpha value is -2.87. The van der Waals surface area contributed by atoms with Gasteiger partial charge in [0.1, 0.15) is 5.75 Å². The number of nitrogens with zero attached hydrogens (tertiary/aromatic N) is 1. The van der Waals surface area contributed by atoms with Crippen molar-refractivity contribution in [1.29, 1.82) is 0 Å². The van der Waals surface area contributed by atoms with Gasteiger partial charge < -0.3 is 9.64 Å². The van der Waals surface area contributed by atoms with Crippen molar-refractivity contribution >= 4 is 29.1 Å². The highest BCUT2D eigenvalue weighted by Crippen LogP contribution is 2.20. The molecule has 0 radical (unpaired) electrons. The van der Waals surface area contributed by atoms with Gasteiger partial charge in [0.2, 0.25) is 5.91 Å². The number of carbonyl (C=O) groups excluding carboxylic acids is 3. The Balaban J connectivity index is 1.44. The van der Waals surface area contributed by atoms with Gasteiger partial charge in [-0.25, -0.2) is 0 Å². The van der Waals surface area contributed by atoms with Crippen molar-refractivity contribution in [2.45, 2.75) is 26.7 Å². The van der Waals surface area contributed by atoms with Gasteiger partial charge in [-0.15, -0.1) is 11.3 Å². The second kappa shape index (κ2) is 9.56. The number of hydrazine groups is 1. The molecule has 8 heteroatoms. The number of carbonyl (C=O) groups is 3. The molecule has 7 nitrogen and oxygen atoms in total. The summed E-state index contributed by atoms with van der Waals surface area (Å²) in [4.78, 5) is 39.2. The van der Waals surface area contributed by atoms with Crippen LogP contribution in [-0.4, -0.2) is 42.3 Å². The Morgan fingerprint density at radius 3 is 2.72 bits per heavy atom. The zero-order valence-electron chi connectivity index (χ0n) is 16.6. The van der Waals surface area contributed by atoms with E-state index < -0.39 is 5.91 Å². The van der Waals surface area contributed by atoms with Gasteiger partial charge in [-0.2, -0.15) is 0 Å². The fraction of sp³-hybridized carbons (Fsp3) is 0.381. The predicted molar refractivity (Wildman–Crippen MR) is 111 cm³/mol. The van der Waals surface area contributed by atoms with Crippen LogP contribution in [0.3, 0.4) is 0 Å². The van der Waals surface area contributed by atoms with Crippen LogP contribution in [0.2, 0.25) is 0 Å². The summed E-state index contributed by atoms with van der Waals surface area (Å²) in [5, 5.41) is 1.86. The predicted octanol–water partition coefficient (Wildman–Crippen LogP) is 2.44. The molecule has 2 N–H and O–H groups in total. The molecule has 0 bridgehead atoms. The quantitative estimate of drug-likeness (QED) is 0.735. The minimum absolute atomic E-state index is 0.0525. The largest absolute Gasteiger partial charge is 0.484 e. The van der Waals surface area contributed by atoms with Crippen molar-refractivity contribution in [3.8, 4) is 5.75 Å². The fourth-order valence-electron chi connectivity index (χ4n) is 3.15. The Morgan fingerprint density at radius 1 is 1.17 bits per heavy atom. The maximum atomic E-state index is 12.5. The lowest BCUT2D eigenvalue weighted by molar-refractivity contribution is -0.132. The average molecular weight is 416 g/mol. The topological polar surface area (TPSA) is 87.7 Å². The Bertz CT molecular complexity index is 882. The van der Waals surface area contributed by atoms with Crippen LogP contribution < -0.4 is 15.6 Å². The normalized spacial score (nSPS) is 16.2. The molecule has 1 aromatic heterocycles. The van der Waals surface area contributed by atoms with E-state index in [1.54, 1.807) is 17.0 Å². The van der Waals surface area contributed by atoms with Crippen molar-refractivity contribution in [2.75, 3.05) is 19.7 Å². The highest BCUT2D eigenvalue weighted by Gasteiger charge is 2.29. The van der Waals surface area contributed by atoms with Crippen molar-refractivity contribution in [3.05, 3.63) is 51.7 Å². The first-order valence-corrected chi connectivity index (χ1v) is 10.4. The van der Waals surface area contributed by atoms with Gasteiger partial charge in [0, 0.05) is 13.1 Å². The molecule has 1 aliphatic heterocycles. The third kappa shape index (κ3) is 5.57. The third-order valence-corrected chi connectivity index (χ3v) is 5.84. The lowest BCUT2D eigenvalue weighted by Crippen LogP contribution is -2.50. The highest BCUT2D eigenvalue weighted by atomic mass is 32.1. The molecule has 154 valence electrons. The molecule has 0 aliphatic carbocycles. The summed E-state index contributed by atoms with van der Waals surface area (Å²) >= 11 is 1.39. The summed E-state index contributed by atoms with van der Waals surface area (Å²) in [6.45, 7) is 4.76. The molecule has 1 unspecified atom stereocenters. The summed E-state index contributed by atoms with van der Waals surface area (Å²) in [7, 11) is 0. The molecule has 3 rings (SSSR count). The van der Waals surface area contributed by atoms with Crippen LogP contribution in [0.5, 0.6) is 5.75 Å². The Labute approximate surface area is 174 Å². The van der Waals surface area contributed by atoms with Crippen LogP contribution in [-0.2, 0) is 9.59 Å². The molecule has 1 aliphatic rings. The number of likely N-dealkylation sites (tertiary alicyclic amines) is 1. The first kappa shape index (κ1) is 20.9. The van der Waals surface area contributed by atoms with Crippen LogP contribution in [0.15, 0.2) is 35.7 Å². The maximum Gasteiger partial charge on any atom is 0.276 e. The van der Waals surface area contributed by atoms with Crippen molar-refractivity contribution in [1.82, 2.24) is 15.8 Å². The Kier molecular flexibility index (Phi) is 6.87. The number of piperidine rings is 1. The molecule has 2 heterocycles. The van der Waals surface area contributed by atoms with Gasteiger partial charge in [-0.3, -0.25) is 25.2 Å². The fourth-order valence-corrected chi connectivity index (χ4v) is 3.84. The van der Waals surface area contributed by atoms with E-state index in [1.807, 2.05) is 37.4 Å². The lowest BCUT2D eigenvalue weighted by Gasteiger charge is -2.31. The molecule has 2 aromatic rings. The van der Waals surface area contributed by atoms with Gasteiger partial charge in [-0.1, -0.05) is 12.1 Å². The van der Waals surface area contributed by atoms with E-state index in [4.69, 9.17) is 4.74 Å². The number of nitrogens with one attached hydrogen (secondary N) is 2. The summed E-state index contributed by atoms with van der Waals surface area (Å²) < 4.78 is 5.46. The van der Waals surface area contributed by atoms with Gasteiger partial charge in [0.25, 0.3) is 11.8 Å². The number of amides is 3. The van der Waals surface area contributed by atoms with Gasteiger partial charge >= 0.3 is 0 Å². The smallest absolute Gasteiger partial charge is 0.276 e. The minimum Gasteiger partial charge on any atom is -0.484 e. The van der Waals surface area contributed by atoms with E-state index in [0.717, 1.165) is 17.5 Å². The van der Waals surface area contributed by atoms with E-state index in [9.17, 15) is 14.4 Å². The molecule has 3 amide bonds. The zero-order valence-corrected chi connectivity index (χ0v) is 17.4. The number of hydrogen-bond donors (Lipinski definition) is 2. The number of thiophene rings is 1. The van der Waals surface area contributed by atoms with Gasteiger partial charge in [0.05, 0.1) is 10.8 Å². The molecule has 0 spiro atoms. The molecule has 1 saturated heterocycles. The molecule has 1 fully saturated rings. The molecule has 1 aromatic carbocycles. The van der Waals surface area contributed by atoms with E-state index in [2.05, 4.69) is 10.9 Å². The van der Waals surface area contributed by atoms with Crippen molar-refractivity contribution in [2.24, 2.45) is 5.92 Å². The first-order valence-electron chi connectivity index (χ1n) is 9.55. The molecular weight excluding hydrogens is 390 g/mol. The first-order chi connectivity index (χ1) is 13.9. The second-order valence-corrected chi connectivity index (χ2v) is 8.09. The number of benzene rings is 1.